The van der Waals surface area contributed by atoms with E-state index in [9.17, 15) is 4.79 Å². The summed E-state index contributed by atoms with van der Waals surface area (Å²) in [5.74, 6) is 1.64. The van der Waals surface area contributed by atoms with E-state index in [-0.39, 0.29) is 11.7 Å². The van der Waals surface area contributed by atoms with E-state index in [1.54, 1.807) is 13.3 Å². The summed E-state index contributed by atoms with van der Waals surface area (Å²) < 4.78 is 7.18. The van der Waals surface area contributed by atoms with Crippen LogP contribution in [0.1, 0.15) is 29.0 Å². The normalized spacial score (nSPS) is 18.6. The largest absolute Gasteiger partial charge is 0.496 e. The second-order valence-electron chi connectivity index (χ2n) is 6.47. The van der Waals surface area contributed by atoms with Crippen LogP contribution in [-0.2, 0) is 7.05 Å². The minimum absolute atomic E-state index is 0.0366. The molecule has 3 rings (SSSR count). The number of ketones is 1. The number of hydrogen-bond donors (Lipinski definition) is 0. The Morgan fingerprint density at radius 3 is 3.00 bits per heavy atom. The zero-order valence-corrected chi connectivity index (χ0v) is 14.9. The first-order valence-corrected chi connectivity index (χ1v) is 8.72. The molecule has 1 aromatic carbocycles. The number of rotatable bonds is 6. The SMILES string of the molecule is COc1ccccc1/C=C/CN1CCCC(C(=O)c2nccn2C)C1. The minimum atomic E-state index is 0.0366. The third-order valence-electron chi connectivity index (χ3n) is 4.72. The van der Waals surface area contributed by atoms with Crippen molar-refractivity contribution in [3.05, 3.63) is 54.1 Å². The number of Topliss-reactive ketones (excluding diaryl/α,β-unsaturated/α-hetero) is 1. The number of para-hydroxylation sites is 1. The van der Waals surface area contributed by atoms with Crippen molar-refractivity contribution in [2.24, 2.45) is 13.0 Å². The fraction of sp³-hybridized carbons (Fsp3) is 0.400. The van der Waals surface area contributed by atoms with Crippen LogP contribution in [-0.4, -0.2) is 47.0 Å². The summed E-state index contributed by atoms with van der Waals surface area (Å²) in [5, 5.41) is 0. The van der Waals surface area contributed by atoms with Crippen molar-refractivity contribution in [2.75, 3.05) is 26.7 Å². The molecular weight excluding hydrogens is 314 g/mol. The lowest BCUT2D eigenvalue weighted by Crippen LogP contribution is -2.39. The smallest absolute Gasteiger partial charge is 0.202 e. The van der Waals surface area contributed by atoms with Crippen LogP contribution in [0.25, 0.3) is 6.08 Å². The van der Waals surface area contributed by atoms with E-state index in [1.807, 2.05) is 42.1 Å². The number of methoxy groups -OCH3 is 1. The second kappa shape index (κ2) is 8.12. The molecule has 1 aliphatic rings. The van der Waals surface area contributed by atoms with Crippen molar-refractivity contribution in [3.63, 3.8) is 0 Å². The molecule has 5 heteroatoms. The Labute approximate surface area is 148 Å². The number of carbonyl (C=O) groups excluding carboxylic acids is 1. The number of imidazole rings is 1. The molecule has 1 atom stereocenters. The van der Waals surface area contributed by atoms with Crippen LogP contribution in [0.3, 0.4) is 0 Å². The Morgan fingerprint density at radius 2 is 2.24 bits per heavy atom. The van der Waals surface area contributed by atoms with Crippen LogP contribution < -0.4 is 4.74 Å². The van der Waals surface area contributed by atoms with E-state index < -0.39 is 0 Å². The van der Waals surface area contributed by atoms with Crippen molar-refractivity contribution < 1.29 is 9.53 Å². The zero-order chi connectivity index (χ0) is 17.6. The number of ether oxygens (including phenoxy) is 1. The summed E-state index contributed by atoms with van der Waals surface area (Å²) in [5.41, 5.74) is 1.07. The molecule has 0 N–H and O–H groups in total. The van der Waals surface area contributed by atoms with Crippen LogP contribution >= 0.6 is 0 Å². The van der Waals surface area contributed by atoms with Crippen LogP contribution in [0.15, 0.2) is 42.7 Å². The number of likely N-dealkylation sites (tertiary alicyclic amines) is 1. The Kier molecular flexibility index (Phi) is 5.66. The molecule has 2 aromatic rings. The molecule has 132 valence electrons. The van der Waals surface area contributed by atoms with Crippen molar-refractivity contribution in [2.45, 2.75) is 12.8 Å². The number of nitrogens with zero attached hydrogens (tertiary/aromatic N) is 3. The van der Waals surface area contributed by atoms with E-state index >= 15 is 0 Å². The fourth-order valence-electron chi connectivity index (χ4n) is 3.35. The molecule has 1 aliphatic heterocycles. The van der Waals surface area contributed by atoms with Gasteiger partial charge in [0.15, 0.2) is 5.82 Å². The third kappa shape index (κ3) is 4.17. The molecule has 1 aromatic heterocycles. The number of carbonyl (C=O) groups is 1. The van der Waals surface area contributed by atoms with Gasteiger partial charge in [-0.05, 0) is 25.5 Å². The van der Waals surface area contributed by atoms with E-state index in [0.29, 0.717) is 5.82 Å². The molecule has 0 aliphatic carbocycles. The van der Waals surface area contributed by atoms with Gasteiger partial charge in [0.25, 0.3) is 0 Å². The Balaban J connectivity index is 1.59. The van der Waals surface area contributed by atoms with Gasteiger partial charge in [0.1, 0.15) is 5.75 Å². The number of aryl methyl sites for hydroxylation is 1. The topological polar surface area (TPSA) is 47.4 Å². The van der Waals surface area contributed by atoms with Gasteiger partial charge in [0.2, 0.25) is 5.78 Å². The van der Waals surface area contributed by atoms with E-state index in [2.05, 4.69) is 22.0 Å². The number of hydrogen-bond acceptors (Lipinski definition) is 4. The minimum Gasteiger partial charge on any atom is -0.496 e. The highest BCUT2D eigenvalue weighted by atomic mass is 16.5. The molecule has 0 amide bonds. The first-order chi connectivity index (χ1) is 12.2. The maximum Gasteiger partial charge on any atom is 0.202 e. The molecule has 0 radical (unpaired) electrons. The summed E-state index contributed by atoms with van der Waals surface area (Å²) in [4.78, 5) is 19.2. The van der Waals surface area contributed by atoms with Gasteiger partial charge in [-0.2, -0.15) is 0 Å². The van der Waals surface area contributed by atoms with Gasteiger partial charge >= 0.3 is 0 Å². The van der Waals surface area contributed by atoms with E-state index in [4.69, 9.17) is 4.74 Å². The highest BCUT2D eigenvalue weighted by molar-refractivity contribution is 5.94. The predicted octanol–water partition coefficient (Wildman–Crippen LogP) is 3.04. The average Bonchev–Trinajstić information content (AvgIpc) is 3.07. The Hall–Kier alpha value is -2.40. The maximum absolute atomic E-state index is 12.7. The highest BCUT2D eigenvalue weighted by Crippen LogP contribution is 2.21. The molecule has 0 saturated carbocycles. The summed E-state index contributed by atoms with van der Waals surface area (Å²) >= 11 is 0. The van der Waals surface area contributed by atoms with Crippen LogP contribution in [0.2, 0.25) is 0 Å². The van der Waals surface area contributed by atoms with Crippen LogP contribution in [0.4, 0.5) is 0 Å². The molecular formula is C20H25N3O2. The molecule has 0 bridgehead atoms. The van der Waals surface area contributed by atoms with Gasteiger partial charge in [-0.15, -0.1) is 0 Å². The first kappa shape index (κ1) is 17.4. The van der Waals surface area contributed by atoms with Crippen molar-refractivity contribution in [1.82, 2.24) is 14.5 Å². The molecule has 25 heavy (non-hydrogen) atoms. The predicted molar refractivity (Wildman–Crippen MR) is 98.7 cm³/mol. The van der Waals surface area contributed by atoms with Gasteiger partial charge in [-0.3, -0.25) is 9.69 Å². The quantitative estimate of drug-likeness (QED) is 0.759. The lowest BCUT2D eigenvalue weighted by Gasteiger charge is -2.30. The third-order valence-corrected chi connectivity index (χ3v) is 4.72. The Bertz CT molecular complexity index is 751. The highest BCUT2D eigenvalue weighted by Gasteiger charge is 2.28. The maximum atomic E-state index is 12.7. The number of benzene rings is 1. The molecule has 2 heterocycles. The molecule has 0 spiro atoms. The monoisotopic (exact) mass is 339 g/mol. The van der Waals surface area contributed by atoms with Gasteiger partial charge in [0.05, 0.1) is 7.11 Å². The average molecular weight is 339 g/mol. The molecule has 1 saturated heterocycles. The summed E-state index contributed by atoms with van der Waals surface area (Å²) in [6.07, 6.45) is 9.73. The molecule has 1 fully saturated rings. The fourth-order valence-corrected chi connectivity index (χ4v) is 3.35. The zero-order valence-electron chi connectivity index (χ0n) is 14.9. The van der Waals surface area contributed by atoms with Crippen LogP contribution in [0.5, 0.6) is 5.75 Å². The van der Waals surface area contributed by atoms with Gasteiger partial charge in [0, 0.05) is 44.0 Å². The van der Waals surface area contributed by atoms with Crippen LogP contribution in [0, 0.1) is 5.92 Å². The lowest BCUT2D eigenvalue weighted by molar-refractivity contribution is 0.0817. The van der Waals surface area contributed by atoms with Gasteiger partial charge < -0.3 is 9.30 Å². The first-order valence-electron chi connectivity index (χ1n) is 8.72. The standard InChI is InChI=1S/C20H25N3O2/c1-22-14-11-21-20(22)19(24)17-9-6-13-23(15-17)12-5-8-16-7-3-4-10-18(16)25-2/h3-5,7-8,10-11,14,17H,6,9,12-13,15H2,1-2H3/b8-5+. The van der Waals surface area contributed by atoms with Crippen molar-refractivity contribution in [3.8, 4) is 5.75 Å². The number of aromatic nitrogens is 2. The lowest BCUT2D eigenvalue weighted by atomic mass is 9.93. The van der Waals surface area contributed by atoms with E-state index in [1.165, 1.54) is 0 Å². The van der Waals surface area contributed by atoms with Crippen molar-refractivity contribution >= 4 is 11.9 Å². The van der Waals surface area contributed by atoms with Crippen molar-refractivity contribution in [1.29, 1.82) is 0 Å². The van der Waals surface area contributed by atoms with E-state index in [0.717, 1.165) is 43.8 Å². The van der Waals surface area contributed by atoms with Gasteiger partial charge in [-0.25, -0.2) is 4.98 Å². The summed E-state index contributed by atoms with van der Waals surface area (Å²) in [6.45, 7) is 2.66. The Morgan fingerprint density at radius 1 is 1.40 bits per heavy atom. The summed E-state index contributed by atoms with van der Waals surface area (Å²) in [7, 11) is 3.56. The number of piperidine rings is 1. The second-order valence-corrected chi connectivity index (χ2v) is 6.47. The molecule has 1 unspecified atom stereocenters. The summed E-state index contributed by atoms with van der Waals surface area (Å²) in [6, 6.07) is 7.97. The molecule has 5 nitrogen and oxygen atoms in total. The van der Waals surface area contributed by atoms with Gasteiger partial charge in [-0.1, -0.05) is 30.4 Å².